The Bertz CT molecular complexity index is 227. The summed E-state index contributed by atoms with van der Waals surface area (Å²) >= 11 is 5.83. The molecule has 3 unspecified atom stereocenters. The zero-order chi connectivity index (χ0) is 7.94. The minimum Gasteiger partial charge on any atom is -0.245 e. The van der Waals surface area contributed by atoms with Crippen molar-refractivity contribution in [1.29, 1.82) is 0 Å². The molecule has 1 saturated heterocycles. The third-order valence-electron chi connectivity index (χ3n) is 1.33. The highest BCUT2D eigenvalue weighted by Crippen LogP contribution is 2.33. The van der Waals surface area contributed by atoms with E-state index in [4.69, 9.17) is 0 Å². The second-order valence-electron chi connectivity index (χ2n) is 2.14. The van der Waals surface area contributed by atoms with E-state index in [9.17, 15) is 12.8 Å². The fourth-order valence-electron chi connectivity index (χ4n) is 0.768. The molecule has 0 aliphatic carbocycles. The highest BCUT2D eigenvalue weighted by atomic mass is 79.9. The Hall–Kier alpha value is 0.840. The molecule has 10 heavy (non-hydrogen) atoms. The lowest BCUT2D eigenvalue weighted by Crippen LogP contribution is -2.16. The predicted octanol–water partition coefficient (Wildman–Crippen LogP) is 1.24. The standard InChI is InChI=1S/C4H5Br2FO2S/c5-3-2(7)1-10(8,9)4(3)6/h2-4H,1H2. The van der Waals surface area contributed by atoms with Crippen molar-refractivity contribution in [2.75, 3.05) is 5.75 Å². The molecule has 0 aromatic rings. The van der Waals surface area contributed by atoms with Crippen molar-refractivity contribution in [3.05, 3.63) is 0 Å². The van der Waals surface area contributed by atoms with E-state index in [-0.39, 0.29) is 5.75 Å². The summed E-state index contributed by atoms with van der Waals surface area (Å²) in [5.74, 6) is -0.376. The van der Waals surface area contributed by atoms with Crippen molar-refractivity contribution >= 4 is 41.7 Å². The van der Waals surface area contributed by atoms with Crippen LogP contribution >= 0.6 is 31.9 Å². The first-order valence-corrected chi connectivity index (χ1v) is 6.13. The summed E-state index contributed by atoms with van der Waals surface area (Å²) in [6.07, 6.45) is -1.28. The molecule has 1 aliphatic rings. The molecule has 6 heteroatoms. The van der Waals surface area contributed by atoms with Crippen LogP contribution in [0, 0.1) is 0 Å². The van der Waals surface area contributed by atoms with Crippen molar-refractivity contribution < 1.29 is 12.8 Å². The number of hydrogen-bond donors (Lipinski definition) is 0. The zero-order valence-electron chi connectivity index (χ0n) is 4.80. The Morgan fingerprint density at radius 2 is 1.90 bits per heavy atom. The van der Waals surface area contributed by atoms with Gasteiger partial charge in [-0.15, -0.1) is 0 Å². The summed E-state index contributed by atoms with van der Waals surface area (Å²) in [5.41, 5.74) is 0. The summed E-state index contributed by atoms with van der Waals surface area (Å²) in [6.45, 7) is 0. The van der Waals surface area contributed by atoms with Crippen LogP contribution in [0.3, 0.4) is 0 Å². The lowest BCUT2D eigenvalue weighted by Gasteiger charge is -2.03. The van der Waals surface area contributed by atoms with E-state index in [1.807, 2.05) is 0 Å². The van der Waals surface area contributed by atoms with Crippen molar-refractivity contribution in [1.82, 2.24) is 0 Å². The molecule has 2 nitrogen and oxygen atoms in total. The summed E-state index contributed by atoms with van der Waals surface area (Å²) in [6, 6.07) is 0. The fourth-order valence-corrected chi connectivity index (χ4v) is 4.38. The van der Waals surface area contributed by atoms with Gasteiger partial charge in [-0.3, -0.25) is 0 Å². The van der Waals surface area contributed by atoms with E-state index in [2.05, 4.69) is 31.9 Å². The van der Waals surface area contributed by atoms with Crippen molar-refractivity contribution in [2.45, 2.75) is 15.2 Å². The molecule has 1 fully saturated rings. The summed E-state index contributed by atoms with van der Waals surface area (Å²) in [5, 5.41) is 0. The molecule has 1 heterocycles. The maximum Gasteiger partial charge on any atom is 0.167 e. The predicted molar refractivity (Wildman–Crippen MR) is 44.1 cm³/mol. The Morgan fingerprint density at radius 3 is 2.00 bits per heavy atom. The molecule has 0 spiro atoms. The van der Waals surface area contributed by atoms with Gasteiger partial charge in [-0.2, -0.15) is 0 Å². The smallest absolute Gasteiger partial charge is 0.167 e. The fraction of sp³-hybridized carbons (Fsp3) is 1.00. The van der Waals surface area contributed by atoms with Crippen LogP contribution in [-0.2, 0) is 9.84 Å². The lowest BCUT2D eigenvalue weighted by molar-refractivity contribution is 0.377. The van der Waals surface area contributed by atoms with E-state index < -0.39 is 25.0 Å². The highest BCUT2D eigenvalue weighted by molar-refractivity contribution is 9.13. The minimum absolute atomic E-state index is 0.376. The molecule has 1 rings (SSSR count). The normalized spacial score (nSPS) is 45.7. The summed E-state index contributed by atoms with van der Waals surface area (Å²) in [4.78, 5) is -0.600. The van der Waals surface area contributed by atoms with Gasteiger partial charge in [-0.25, -0.2) is 12.8 Å². The molecule has 0 bridgehead atoms. The Kier molecular flexibility index (Phi) is 2.42. The quantitative estimate of drug-likeness (QED) is 0.630. The molecule has 0 amide bonds. The average molecular weight is 296 g/mol. The van der Waals surface area contributed by atoms with Crippen LogP contribution in [0.25, 0.3) is 0 Å². The van der Waals surface area contributed by atoms with Gasteiger partial charge in [0.25, 0.3) is 0 Å². The molecule has 0 aromatic heterocycles. The van der Waals surface area contributed by atoms with Gasteiger partial charge in [0, 0.05) is 0 Å². The molecule has 60 valence electrons. The van der Waals surface area contributed by atoms with Gasteiger partial charge < -0.3 is 0 Å². The summed E-state index contributed by atoms with van der Waals surface area (Å²) < 4.78 is 33.6. The first-order chi connectivity index (χ1) is 4.45. The number of alkyl halides is 3. The van der Waals surface area contributed by atoms with E-state index >= 15 is 0 Å². The molecule has 1 aliphatic heterocycles. The number of hydrogen-bond acceptors (Lipinski definition) is 2. The average Bonchev–Trinajstić information content (AvgIpc) is 1.95. The van der Waals surface area contributed by atoms with E-state index in [1.54, 1.807) is 0 Å². The molecule has 0 N–H and O–H groups in total. The van der Waals surface area contributed by atoms with Crippen molar-refractivity contribution in [3.8, 4) is 0 Å². The molecule has 0 radical (unpaired) electrons. The van der Waals surface area contributed by atoms with Gasteiger partial charge in [-0.1, -0.05) is 31.9 Å². The first kappa shape index (κ1) is 8.93. The Labute approximate surface area is 75.4 Å². The van der Waals surface area contributed by atoms with Gasteiger partial charge in [0.15, 0.2) is 9.84 Å². The number of sulfone groups is 1. The second kappa shape index (κ2) is 2.71. The van der Waals surface area contributed by atoms with Crippen LogP contribution in [0.5, 0.6) is 0 Å². The monoisotopic (exact) mass is 294 g/mol. The van der Waals surface area contributed by atoms with Gasteiger partial charge in [0.2, 0.25) is 0 Å². The van der Waals surface area contributed by atoms with E-state index in [0.717, 1.165) is 0 Å². The molecular weight excluding hydrogens is 291 g/mol. The third kappa shape index (κ3) is 1.38. The van der Waals surface area contributed by atoms with Crippen molar-refractivity contribution in [3.63, 3.8) is 0 Å². The van der Waals surface area contributed by atoms with Crippen LogP contribution in [-0.4, -0.2) is 29.3 Å². The van der Waals surface area contributed by atoms with Crippen LogP contribution in [0.1, 0.15) is 0 Å². The van der Waals surface area contributed by atoms with Gasteiger partial charge in [0.05, 0.1) is 10.6 Å². The molecular formula is C4H5Br2FO2S. The van der Waals surface area contributed by atoms with E-state index in [0.29, 0.717) is 0 Å². The van der Waals surface area contributed by atoms with Crippen LogP contribution in [0.4, 0.5) is 4.39 Å². The molecule has 0 aromatic carbocycles. The van der Waals surface area contributed by atoms with Crippen LogP contribution in [0.15, 0.2) is 0 Å². The maximum atomic E-state index is 12.6. The SMILES string of the molecule is O=S1(=O)CC(F)C(Br)C1Br. The van der Waals surface area contributed by atoms with Gasteiger partial charge >= 0.3 is 0 Å². The molecule has 3 atom stereocenters. The first-order valence-electron chi connectivity index (χ1n) is 2.59. The topological polar surface area (TPSA) is 34.1 Å². The zero-order valence-corrected chi connectivity index (χ0v) is 8.79. The minimum atomic E-state index is -3.23. The third-order valence-corrected chi connectivity index (χ3v) is 7.53. The largest absolute Gasteiger partial charge is 0.245 e. The van der Waals surface area contributed by atoms with Crippen LogP contribution < -0.4 is 0 Å². The Morgan fingerprint density at radius 1 is 1.40 bits per heavy atom. The summed E-state index contributed by atoms with van der Waals surface area (Å²) in [7, 11) is -3.23. The number of halogens is 3. The lowest BCUT2D eigenvalue weighted by atomic mass is 10.3. The van der Waals surface area contributed by atoms with Crippen LogP contribution in [0.2, 0.25) is 0 Å². The maximum absolute atomic E-state index is 12.6. The van der Waals surface area contributed by atoms with Gasteiger partial charge in [0.1, 0.15) is 10.3 Å². The van der Waals surface area contributed by atoms with Gasteiger partial charge in [-0.05, 0) is 0 Å². The van der Waals surface area contributed by atoms with E-state index in [1.165, 1.54) is 0 Å². The highest BCUT2D eigenvalue weighted by Gasteiger charge is 2.44. The second-order valence-corrected chi connectivity index (χ2v) is 6.96. The molecule has 0 saturated carbocycles. The van der Waals surface area contributed by atoms with Crippen molar-refractivity contribution in [2.24, 2.45) is 0 Å². The number of rotatable bonds is 0. The Balaban J connectivity index is 2.93.